The molecule has 2 heterocycles. The molecule has 1 fully saturated rings. The Labute approximate surface area is 150 Å². The first kappa shape index (κ1) is 19.3. The predicted octanol–water partition coefficient (Wildman–Crippen LogP) is 3.51. The molecule has 1 aromatic rings. The van der Waals surface area contributed by atoms with Gasteiger partial charge in [-0.25, -0.2) is 0 Å². The van der Waals surface area contributed by atoms with Crippen LogP contribution in [0.4, 0.5) is 0 Å². The lowest BCUT2D eigenvalue weighted by molar-refractivity contribution is -0.149. The summed E-state index contributed by atoms with van der Waals surface area (Å²) in [5.41, 5.74) is 1.17. The van der Waals surface area contributed by atoms with Gasteiger partial charge in [-0.05, 0) is 31.9 Å². The van der Waals surface area contributed by atoms with E-state index in [9.17, 15) is 4.79 Å². The van der Waals surface area contributed by atoms with E-state index in [0.717, 1.165) is 18.4 Å². The first-order valence-corrected chi connectivity index (χ1v) is 9.08. The first-order valence-electron chi connectivity index (χ1n) is 9.08. The van der Waals surface area contributed by atoms with E-state index in [1.54, 1.807) is 12.1 Å². The summed E-state index contributed by atoms with van der Waals surface area (Å²) in [5.74, 6) is 0.887. The second-order valence-corrected chi connectivity index (χ2v) is 6.70. The highest BCUT2D eigenvalue weighted by molar-refractivity contribution is 5.83. The predicted molar refractivity (Wildman–Crippen MR) is 96.2 cm³/mol. The van der Waals surface area contributed by atoms with E-state index >= 15 is 0 Å². The van der Waals surface area contributed by atoms with Crippen LogP contribution < -0.4 is 4.74 Å². The normalized spacial score (nSPS) is 21.6. The molecule has 1 amide bonds. The number of fused-ring (bicyclic) bond motifs is 1. The maximum Gasteiger partial charge on any atom is 0.229 e. The van der Waals surface area contributed by atoms with Gasteiger partial charge in [0.1, 0.15) is 12.4 Å². The largest absolute Gasteiger partial charge is 0.491 e. The van der Waals surface area contributed by atoms with Crippen LogP contribution in [0.25, 0.3) is 0 Å². The lowest BCUT2D eigenvalue weighted by Gasteiger charge is -2.38. The highest BCUT2D eigenvalue weighted by atomic mass is 16.5. The third kappa shape index (κ3) is 4.13. The van der Waals surface area contributed by atoms with Crippen molar-refractivity contribution in [3.8, 4) is 11.8 Å². The number of carbonyl (C=O) groups is 1. The summed E-state index contributed by atoms with van der Waals surface area (Å²) in [5, 5.41) is 9.02. The Morgan fingerprint density at radius 2 is 2.00 bits per heavy atom. The minimum absolute atomic E-state index is 0.0000978. The van der Waals surface area contributed by atoms with Gasteiger partial charge in [0.2, 0.25) is 5.91 Å². The van der Waals surface area contributed by atoms with Crippen LogP contribution in [0.1, 0.15) is 51.7 Å². The maximum atomic E-state index is 13.1. The third-order valence-corrected chi connectivity index (χ3v) is 4.92. The van der Waals surface area contributed by atoms with Crippen LogP contribution in [0.5, 0.6) is 5.75 Å². The van der Waals surface area contributed by atoms with E-state index in [0.29, 0.717) is 37.7 Å². The number of benzene rings is 1. The van der Waals surface area contributed by atoms with Crippen molar-refractivity contribution in [1.29, 1.82) is 5.26 Å². The Morgan fingerprint density at radius 3 is 2.64 bits per heavy atom. The van der Waals surface area contributed by atoms with Gasteiger partial charge in [0, 0.05) is 25.3 Å². The fourth-order valence-corrected chi connectivity index (χ4v) is 3.18. The number of amides is 1. The molecule has 0 spiro atoms. The quantitative estimate of drug-likeness (QED) is 0.782. The van der Waals surface area contributed by atoms with Gasteiger partial charge >= 0.3 is 0 Å². The number of hydrogen-bond acceptors (Lipinski definition) is 4. The highest BCUT2D eigenvalue weighted by Gasteiger charge is 2.40. The zero-order valence-electron chi connectivity index (χ0n) is 15.7. The van der Waals surface area contributed by atoms with Gasteiger partial charge in [-0.3, -0.25) is 4.79 Å². The number of hydrogen-bond donors (Lipinski definition) is 0. The van der Waals surface area contributed by atoms with Crippen LogP contribution in [-0.4, -0.2) is 36.7 Å². The molecule has 0 saturated carbocycles. The Morgan fingerprint density at radius 1 is 1.32 bits per heavy atom. The van der Waals surface area contributed by atoms with Gasteiger partial charge in [-0.1, -0.05) is 26.8 Å². The van der Waals surface area contributed by atoms with E-state index in [4.69, 9.17) is 14.7 Å². The van der Waals surface area contributed by atoms with Crippen LogP contribution in [0.2, 0.25) is 0 Å². The molecule has 136 valence electrons. The molecule has 0 radical (unpaired) electrons. The molecule has 5 nitrogen and oxygen atoms in total. The number of nitriles is 1. The topological polar surface area (TPSA) is 62.6 Å². The number of carbonyl (C=O) groups excluding carboxylic acids is 1. The van der Waals surface area contributed by atoms with E-state index < -0.39 is 0 Å². The highest BCUT2D eigenvalue weighted by Crippen LogP contribution is 2.35. The molecule has 1 atom stereocenters. The second kappa shape index (κ2) is 8.35. The summed E-state index contributed by atoms with van der Waals surface area (Å²) >= 11 is 0. The molecule has 2 aliphatic rings. The summed E-state index contributed by atoms with van der Waals surface area (Å²) in [7, 11) is 0. The van der Waals surface area contributed by atoms with Crippen molar-refractivity contribution >= 4 is 5.91 Å². The number of ether oxygens (including phenoxy) is 2. The molecule has 0 aromatic heterocycles. The molecule has 0 N–H and O–H groups in total. The van der Waals surface area contributed by atoms with Crippen LogP contribution in [0, 0.1) is 16.7 Å². The molecule has 2 aliphatic heterocycles. The van der Waals surface area contributed by atoms with Crippen molar-refractivity contribution in [2.75, 3.05) is 19.8 Å². The smallest absolute Gasteiger partial charge is 0.229 e. The minimum atomic E-state index is -0.358. The van der Waals surface area contributed by atoms with Gasteiger partial charge in [0.05, 0.1) is 23.1 Å². The van der Waals surface area contributed by atoms with Crippen molar-refractivity contribution in [3.05, 3.63) is 29.3 Å². The number of rotatable bonds is 1. The van der Waals surface area contributed by atoms with Crippen molar-refractivity contribution < 1.29 is 14.3 Å². The average Bonchev–Trinajstić information content (AvgIpc) is 2.82. The molecular weight excluding hydrogens is 316 g/mol. The summed E-state index contributed by atoms with van der Waals surface area (Å²) in [6, 6.07) is 7.54. The van der Waals surface area contributed by atoms with E-state index in [2.05, 4.69) is 6.07 Å². The lowest BCUT2D eigenvalue weighted by Crippen LogP contribution is -2.49. The fourth-order valence-electron chi connectivity index (χ4n) is 3.18. The Hall–Kier alpha value is -2.06. The average molecular weight is 344 g/mol. The molecule has 25 heavy (non-hydrogen) atoms. The van der Waals surface area contributed by atoms with Crippen molar-refractivity contribution in [1.82, 2.24) is 4.90 Å². The fraction of sp³-hybridized carbons (Fsp3) is 0.600. The van der Waals surface area contributed by atoms with Gasteiger partial charge in [0.25, 0.3) is 0 Å². The molecule has 1 unspecified atom stereocenters. The molecule has 3 rings (SSSR count). The zero-order chi connectivity index (χ0) is 18.4. The molecule has 5 heteroatoms. The molecular formula is C20H28N2O3. The van der Waals surface area contributed by atoms with E-state index in [-0.39, 0.29) is 17.4 Å². The van der Waals surface area contributed by atoms with Crippen LogP contribution >= 0.6 is 0 Å². The van der Waals surface area contributed by atoms with Gasteiger partial charge < -0.3 is 14.4 Å². The summed E-state index contributed by atoms with van der Waals surface area (Å²) < 4.78 is 11.2. The lowest BCUT2D eigenvalue weighted by atomic mass is 9.80. The van der Waals surface area contributed by atoms with Crippen molar-refractivity contribution in [3.63, 3.8) is 0 Å². The Balaban J connectivity index is 0.00000109. The second-order valence-electron chi connectivity index (χ2n) is 6.70. The maximum absolute atomic E-state index is 13.1. The zero-order valence-corrected chi connectivity index (χ0v) is 15.7. The molecule has 0 bridgehead atoms. The molecule has 1 aromatic carbocycles. The summed E-state index contributed by atoms with van der Waals surface area (Å²) in [6.07, 6.45) is 1.52. The number of nitrogens with zero attached hydrogens (tertiary/aromatic N) is 2. The van der Waals surface area contributed by atoms with Gasteiger partial charge in [-0.15, -0.1) is 0 Å². The molecule has 0 aliphatic carbocycles. The van der Waals surface area contributed by atoms with E-state index in [1.165, 1.54) is 0 Å². The van der Waals surface area contributed by atoms with Crippen molar-refractivity contribution in [2.24, 2.45) is 5.41 Å². The minimum Gasteiger partial charge on any atom is -0.491 e. The molecule has 1 saturated heterocycles. The van der Waals surface area contributed by atoms with Gasteiger partial charge in [0.15, 0.2) is 0 Å². The standard InChI is InChI=1S/C18H22N2O3.C2H6/c1-13-12-23-16-9-14(10-19)3-4-15(16)11-20(13)17(21)18(2)5-7-22-8-6-18;1-2/h3-4,9,13H,5-8,11-12H2,1-2H3;1-2H3. The summed E-state index contributed by atoms with van der Waals surface area (Å²) in [4.78, 5) is 15.1. The summed E-state index contributed by atoms with van der Waals surface area (Å²) in [6.45, 7) is 10.3. The third-order valence-electron chi connectivity index (χ3n) is 4.92. The van der Waals surface area contributed by atoms with E-state index in [1.807, 2.05) is 38.7 Å². The van der Waals surface area contributed by atoms with Crippen LogP contribution in [-0.2, 0) is 16.1 Å². The Kier molecular flexibility index (Phi) is 6.44. The van der Waals surface area contributed by atoms with Crippen LogP contribution in [0.3, 0.4) is 0 Å². The van der Waals surface area contributed by atoms with Crippen molar-refractivity contribution in [2.45, 2.75) is 53.1 Å². The monoisotopic (exact) mass is 344 g/mol. The van der Waals surface area contributed by atoms with Gasteiger partial charge in [-0.2, -0.15) is 5.26 Å². The Bertz CT molecular complexity index is 645. The van der Waals surface area contributed by atoms with Crippen LogP contribution in [0.15, 0.2) is 18.2 Å². The SMILES string of the molecule is CC.CC1COc2cc(C#N)ccc2CN1C(=O)C1(C)CCOCC1. The first-order chi connectivity index (χ1) is 12.0.